The molecule has 0 radical (unpaired) electrons. The van der Waals surface area contributed by atoms with Gasteiger partial charge in [0.1, 0.15) is 6.20 Å². The van der Waals surface area contributed by atoms with Crippen molar-refractivity contribution in [2.24, 2.45) is 5.73 Å². The fourth-order valence-corrected chi connectivity index (χ4v) is 1.87. The predicted octanol–water partition coefficient (Wildman–Crippen LogP) is 1.37. The van der Waals surface area contributed by atoms with Crippen molar-refractivity contribution in [1.82, 2.24) is 4.98 Å². The van der Waals surface area contributed by atoms with Gasteiger partial charge < -0.3 is 5.73 Å². The van der Waals surface area contributed by atoms with E-state index in [-0.39, 0.29) is 11.1 Å². The van der Waals surface area contributed by atoms with Gasteiger partial charge in [-0.1, -0.05) is 0 Å². The molecule has 0 amide bonds. The van der Waals surface area contributed by atoms with Crippen LogP contribution in [0, 0.1) is 10.1 Å². The van der Waals surface area contributed by atoms with Crippen molar-refractivity contribution in [3.05, 3.63) is 34.1 Å². The Morgan fingerprint density at radius 1 is 1.53 bits per heavy atom. The number of hydrogen-bond acceptors (Lipinski definition) is 4. The van der Waals surface area contributed by atoms with Gasteiger partial charge in [0.05, 0.1) is 4.92 Å². The van der Waals surface area contributed by atoms with E-state index in [1.165, 1.54) is 12.3 Å². The fraction of sp³-hybridized carbons (Fsp3) is 0.500. The van der Waals surface area contributed by atoms with Gasteiger partial charge in [0.25, 0.3) is 5.69 Å². The highest BCUT2D eigenvalue weighted by atomic mass is 16.6. The number of pyridine rings is 1. The molecule has 1 aromatic heterocycles. The van der Waals surface area contributed by atoms with Crippen LogP contribution >= 0.6 is 0 Å². The van der Waals surface area contributed by atoms with Crippen LogP contribution in [0.25, 0.3) is 0 Å². The largest absolute Gasteiger partial charge is 0.330 e. The van der Waals surface area contributed by atoms with E-state index in [2.05, 4.69) is 4.98 Å². The normalized spacial score (nSPS) is 17.4. The number of rotatable bonds is 4. The molecule has 1 saturated carbocycles. The number of nitrogens with two attached hydrogens (primary N) is 1. The summed E-state index contributed by atoms with van der Waals surface area (Å²) in [7, 11) is 0. The summed E-state index contributed by atoms with van der Waals surface area (Å²) in [4.78, 5) is 14.2. The molecular formula is C10H13N3O2. The summed E-state index contributed by atoms with van der Waals surface area (Å²) in [6.45, 7) is 0.638. The lowest BCUT2D eigenvalue weighted by atomic mass is 9.97. The van der Waals surface area contributed by atoms with Crippen molar-refractivity contribution >= 4 is 5.69 Å². The number of nitro groups is 1. The highest BCUT2D eigenvalue weighted by molar-refractivity contribution is 5.32. The molecule has 5 heteroatoms. The van der Waals surface area contributed by atoms with Crippen LogP contribution in [0.15, 0.2) is 18.3 Å². The summed E-state index contributed by atoms with van der Waals surface area (Å²) in [5, 5.41) is 10.4. The molecule has 2 N–H and O–H groups in total. The molecule has 0 aliphatic heterocycles. The average molecular weight is 207 g/mol. The van der Waals surface area contributed by atoms with Gasteiger partial charge in [-0.05, 0) is 31.9 Å². The molecule has 0 saturated heterocycles. The van der Waals surface area contributed by atoms with Crippen LogP contribution in [-0.4, -0.2) is 16.5 Å². The minimum Gasteiger partial charge on any atom is -0.330 e. The third-order valence-corrected chi connectivity index (χ3v) is 2.98. The standard InChI is InChI=1S/C10H13N3O2/c11-6-5-10(3-4-10)9-2-1-8(7-12-9)13(14)15/h1-2,7H,3-6,11H2. The van der Waals surface area contributed by atoms with Crippen LogP contribution in [0.1, 0.15) is 25.0 Å². The third kappa shape index (κ3) is 1.83. The summed E-state index contributed by atoms with van der Waals surface area (Å²) in [5.74, 6) is 0. The van der Waals surface area contributed by atoms with Crippen LogP contribution in [0.3, 0.4) is 0 Å². The van der Waals surface area contributed by atoms with Crippen molar-refractivity contribution in [1.29, 1.82) is 0 Å². The van der Waals surface area contributed by atoms with E-state index in [9.17, 15) is 10.1 Å². The van der Waals surface area contributed by atoms with E-state index in [0.717, 1.165) is 25.0 Å². The number of hydrogen-bond donors (Lipinski definition) is 1. The van der Waals surface area contributed by atoms with E-state index in [1.807, 2.05) is 0 Å². The first-order chi connectivity index (χ1) is 7.18. The van der Waals surface area contributed by atoms with E-state index < -0.39 is 4.92 Å². The first kappa shape index (κ1) is 10.0. The van der Waals surface area contributed by atoms with Gasteiger partial charge in [-0.2, -0.15) is 0 Å². The molecule has 1 aliphatic rings. The Kier molecular flexibility index (Phi) is 2.40. The summed E-state index contributed by atoms with van der Waals surface area (Å²) in [6.07, 6.45) is 4.42. The Labute approximate surface area is 87.5 Å². The molecule has 1 fully saturated rings. The Morgan fingerprint density at radius 2 is 2.27 bits per heavy atom. The van der Waals surface area contributed by atoms with Gasteiger partial charge in [0.2, 0.25) is 0 Å². The zero-order valence-corrected chi connectivity index (χ0v) is 8.35. The van der Waals surface area contributed by atoms with Gasteiger partial charge in [0.15, 0.2) is 0 Å². The second kappa shape index (κ2) is 3.58. The van der Waals surface area contributed by atoms with Gasteiger partial charge >= 0.3 is 0 Å². The average Bonchev–Trinajstić information content (AvgIpc) is 3.00. The Bertz CT molecular complexity index is 371. The molecule has 1 aromatic rings. The van der Waals surface area contributed by atoms with E-state index in [0.29, 0.717) is 6.54 Å². The number of nitrogens with zero attached hydrogens (tertiary/aromatic N) is 2. The maximum absolute atomic E-state index is 10.4. The lowest BCUT2D eigenvalue weighted by molar-refractivity contribution is -0.385. The quantitative estimate of drug-likeness (QED) is 0.597. The molecule has 15 heavy (non-hydrogen) atoms. The molecule has 0 spiro atoms. The summed E-state index contributed by atoms with van der Waals surface area (Å²) >= 11 is 0. The smallest absolute Gasteiger partial charge is 0.287 e. The lowest BCUT2D eigenvalue weighted by Crippen LogP contribution is -2.14. The second-order valence-corrected chi connectivity index (χ2v) is 3.98. The molecule has 80 valence electrons. The Balaban J connectivity index is 2.20. The van der Waals surface area contributed by atoms with Crippen molar-refractivity contribution in [3.63, 3.8) is 0 Å². The zero-order chi connectivity index (χ0) is 10.9. The highest BCUT2D eigenvalue weighted by Crippen LogP contribution is 2.49. The Morgan fingerprint density at radius 3 is 2.67 bits per heavy atom. The first-order valence-corrected chi connectivity index (χ1v) is 4.99. The van der Waals surface area contributed by atoms with E-state index >= 15 is 0 Å². The van der Waals surface area contributed by atoms with Gasteiger partial charge in [-0.15, -0.1) is 0 Å². The molecule has 1 heterocycles. The van der Waals surface area contributed by atoms with Crippen molar-refractivity contribution < 1.29 is 4.92 Å². The number of aromatic nitrogens is 1. The third-order valence-electron chi connectivity index (χ3n) is 2.98. The molecule has 0 bridgehead atoms. The van der Waals surface area contributed by atoms with Crippen LogP contribution in [-0.2, 0) is 5.41 Å². The minimum absolute atomic E-state index is 0.0438. The maximum Gasteiger partial charge on any atom is 0.287 e. The van der Waals surface area contributed by atoms with Crippen molar-refractivity contribution in [2.75, 3.05) is 6.54 Å². The lowest BCUT2D eigenvalue weighted by Gasteiger charge is -2.12. The summed E-state index contributed by atoms with van der Waals surface area (Å²) in [6, 6.07) is 3.26. The van der Waals surface area contributed by atoms with Crippen molar-refractivity contribution in [3.8, 4) is 0 Å². The monoisotopic (exact) mass is 207 g/mol. The van der Waals surface area contributed by atoms with Crippen molar-refractivity contribution in [2.45, 2.75) is 24.7 Å². The molecular weight excluding hydrogens is 194 g/mol. The van der Waals surface area contributed by atoms with Gasteiger partial charge in [-0.25, -0.2) is 0 Å². The fourth-order valence-electron chi connectivity index (χ4n) is 1.87. The first-order valence-electron chi connectivity index (χ1n) is 4.99. The minimum atomic E-state index is -0.431. The predicted molar refractivity (Wildman–Crippen MR) is 55.5 cm³/mol. The van der Waals surface area contributed by atoms with Crippen LogP contribution < -0.4 is 5.73 Å². The molecule has 2 rings (SSSR count). The van der Waals surface area contributed by atoms with Crippen LogP contribution in [0.4, 0.5) is 5.69 Å². The maximum atomic E-state index is 10.4. The van der Waals surface area contributed by atoms with Crippen LogP contribution in [0.5, 0.6) is 0 Å². The van der Waals surface area contributed by atoms with Gasteiger partial charge in [0, 0.05) is 17.2 Å². The van der Waals surface area contributed by atoms with E-state index in [4.69, 9.17) is 5.73 Å². The molecule has 0 atom stereocenters. The van der Waals surface area contributed by atoms with Crippen LogP contribution in [0.2, 0.25) is 0 Å². The Hall–Kier alpha value is -1.49. The molecule has 1 aliphatic carbocycles. The van der Waals surface area contributed by atoms with Gasteiger partial charge in [-0.3, -0.25) is 15.1 Å². The summed E-state index contributed by atoms with van der Waals surface area (Å²) in [5.41, 5.74) is 6.64. The second-order valence-electron chi connectivity index (χ2n) is 3.98. The molecule has 0 unspecified atom stereocenters. The topological polar surface area (TPSA) is 82.0 Å². The van der Waals surface area contributed by atoms with E-state index in [1.54, 1.807) is 6.07 Å². The molecule has 5 nitrogen and oxygen atoms in total. The zero-order valence-electron chi connectivity index (χ0n) is 8.35. The molecule has 0 aromatic carbocycles. The summed E-state index contributed by atoms with van der Waals surface area (Å²) < 4.78 is 0. The SMILES string of the molecule is NCCC1(c2ccc([N+](=O)[O-])cn2)CC1. The highest BCUT2D eigenvalue weighted by Gasteiger charge is 2.44.